The maximum atomic E-state index is 5.91. The Balaban J connectivity index is 2.43. The van der Waals surface area contributed by atoms with Crippen molar-refractivity contribution < 1.29 is 0 Å². The standard InChI is InChI=1S/C12H17N5/c1-4-7-17-11(13)16-8-12(17,3)10-9(2)14-5-6-15-10/h4-6H,1,7-8H2,2-3H3,(H2,13,16). The molecule has 1 aromatic rings. The third-order valence-corrected chi connectivity index (χ3v) is 3.12. The zero-order valence-corrected chi connectivity index (χ0v) is 10.2. The van der Waals surface area contributed by atoms with E-state index in [2.05, 4.69) is 28.5 Å². The molecule has 0 bridgehead atoms. The second kappa shape index (κ2) is 4.16. The molecule has 0 radical (unpaired) electrons. The Hall–Kier alpha value is -1.91. The molecule has 0 fully saturated rings. The van der Waals surface area contributed by atoms with Crippen LogP contribution >= 0.6 is 0 Å². The third-order valence-electron chi connectivity index (χ3n) is 3.12. The molecule has 0 aromatic carbocycles. The minimum absolute atomic E-state index is 0.323. The Labute approximate surface area is 101 Å². The Bertz CT molecular complexity index is 468. The lowest BCUT2D eigenvalue weighted by molar-refractivity contribution is 0.236. The van der Waals surface area contributed by atoms with Crippen LogP contribution in [0.5, 0.6) is 0 Å². The van der Waals surface area contributed by atoms with Crippen molar-refractivity contribution in [2.45, 2.75) is 19.4 Å². The van der Waals surface area contributed by atoms with Crippen LogP contribution in [0.15, 0.2) is 30.0 Å². The highest BCUT2D eigenvalue weighted by Crippen LogP contribution is 2.32. The van der Waals surface area contributed by atoms with E-state index in [1.54, 1.807) is 12.4 Å². The molecule has 1 aliphatic heterocycles. The van der Waals surface area contributed by atoms with Crippen molar-refractivity contribution in [1.29, 1.82) is 0 Å². The monoisotopic (exact) mass is 231 g/mol. The van der Waals surface area contributed by atoms with Gasteiger partial charge in [0.1, 0.15) is 5.54 Å². The molecule has 0 amide bonds. The molecule has 5 nitrogen and oxygen atoms in total. The summed E-state index contributed by atoms with van der Waals surface area (Å²) in [6.07, 6.45) is 5.21. The first kappa shape index (κ1) is 11.6. The fourth-order valence-electron chi connectivity index (χ4n) is 2.22. The van der Waals surface area contributed by atoms with Gasteiger partial charge in [-0.05, 0) is 13.8 Å². The lowest BCUT2D eigenvalue weighted by Crippen LogP contribution is -2.48. The number of nitrogens with two attached hydrogens (primary N) is 1. The summed E-state index contributed by atoms with van der Waals surface area (Å²) in [5.41, 5.74) is 7.42. The molecular formula is C12H17N5. The van der Waals surface area contributed by atoms with Crippen LogP contribution in [0.1, 0.15) is 18.3 Å². The van der Waals surface area contributed by atoms with Gasteiger partial charge in [-0.25, -0.2) is 0 Å². The molecule has 1 aliphatic rings. The first-order valence-corrected chi connectivity index (χ1v) is 5.56. The zero-order chi connectivity index (χ0) is 12.5. The van der Waals surface area contributed by atoms with Crippen LogP contribution in [0.3, 0.4) is 0 Å². The first-order chi connectivity index (χ1) is 8.09. The summed E-state index contributed by atoms with van der Waals surface area (Å²) >= 11 is 0. The molecular weight excluding hydrogens is 214 g/mol. The molecule has 90 valence electrons. The van der Waals surface area contributed by atoms with E-state index in [-0.39, 0.29) is 5.54 Å². The van der Waals surface area contributed by atoms with Gasteiger partial charge >= 0.3 is 0 Å². The fraction of sp³-hybridized carbons (Fsp3) is 0.417. The van der Waals surface area contributed by atoms with E-state index in [0.29, 0.717) is 19.0 Å². The molecule has 0 saturated heterocycles. The summed E-state index contributed by atoms with van der Waals surface area (Å²) in [5, 5.41) is 0. The van der Waals surface area contributed by atoms with E-state index in [1.165, 1.54) is 0 Å². The Morgan fingerprint density at radius 2 is 2.24 bits per heavy atom. The summed E-state index contributed by atoms with van der Waals surface area (Å²) in [6, 6.07) is 0. The molecule has 0 aliphatic carbocycles. The predicted octanol–water partition coefficient (Wildman–Crippen LogP) is 0.817. The Kier molecular flexibility index (Phi) is 2.83. The number of guanidine groups is 1. The van der Waals surface area contributed by atoms with Gasteiger partial charge in [0.05, 0.1) is 17.9 Å². The zero-order valence-electron chi connectivity index (χ0n) is 10.2. The number of rotatable bonds is 3. The van der Waals surface area contributed by atoms with Crippen LogP contribution < -0.4 is 5.73 Å². The average Bonchev–Trinajstić information content (AvgIpc) is 2.59. The smallest absolute Gasteiger partial charge is 0.192 e. The van der Waals surface area contributed by atoms with E-state index >= 15 is 0 Å². The average molecular weight is 231 g/mol. The van der Waals surface area contributed by atoms with Gasteiger partial charge in [0, 0.05) is 18.9 Å². The number of hydrogen-bond donors (Lipinski definition) is 1. The fourth-order valence-corrected chi connectivity index (χ4v) is 2.22. The lowest BCUT2D eigenvalue weighted by Gasteiger charge is -2.35. The van der Waals surface area contributed by atoms with Gasteiger partial charge in [0.25, 0.3) is 0 Å². The highest BCUT2D eigenvalue weighted by atomic mass is 15.4. The summed E-state index contributed by atoms with van der Waals surface area (Å²) in [7, 11) is 0. The number of aryl methyl sites for hydroxylation is 1. The van der Waals surface area contributed by atoms with Crippen molar-refractivity contribution >= 4 is 5.96 Å². The largest absolute Gasteiger partial charge is 0.370 e. The van der Waals surface area contributed by atoms with Crippen molar-refractivity contribution in [2.75, 3.05) is 13.1 Å². The molecule has 1 unspecified atom stereocenters. The van der Waals surface area contributed by atoms with Crippen LogP contribution in [-0.2, 0) is 5.54 Å². The molecule has 0 spiro atoms. The van der Waals surface area contributed by atoms with Gasteiger partial charge in [-0.3, -0.25) is 15.0 Å². The number of aromatic nitrogens is 2. The molecule has 1 aromatic heterocycles. The highest BCUT2D eigenvalue weighted by molar-refractivity contribution is 5.81. The molecule has 0 saturated carbocycles. The predicted molar refractivity (Wildman–Crippen MR) is 67.5 cm³/mol. The van der Waals surface area contributed by atoms with Gasteiger partial charge < -0.3 is 10.6 Å². The topological polar surface area (TPSA) is 67.4 Å². The van der Waals surface area contributed by atoms with Gasteiger partial charge in [0.15, 0.2) is 5.96 Å². The third kappa shape index (κ3) is 1.77. The molecule has 2 rings (SSSR count). The van der Waals surface area contributed by atoms with E-state index in [9.17, 15) is 0 Å². The molecule has 2 heterocycles. The SMILES string of the molecule is C=CCN1C(N)=NCC1(C)c1nccnc1C. The van der Waals surface area contributed by atoms with Gasteiger partial charge in [0.2, 0.25) is 0 Å². The summed E-state index contributed by atoms with van der Waals surface area (Å²) in [6.45, 7) is 9.04. The van der Waals surface area contributed by atoms with Gasteiger partial charge in [-0.1, -0.05) is 6.08 Å². The summed E-state index contributed by atoms with van der Waals surface area (Å²) in [4.78, 5) is 15.0. The lowest BCUT2D eigenvalue weighted by atomic mass is 9.94. The van der Waals surface area contributed by atoms with Crippen molar-refractivity contribution in [3.63, 3.8) is 0 Å². The van der Waals surface area contributed by atoms with Crippen LogP contribution in [0.25, 0.3) is 0 Å². The minimum Gasteiger partial charge on any atom is -0.370 e. The van der Waals surface area contributed by atoms with Crippen molar-refractivity contribution in [3.05, 3.63) is 36.4 Å². The molecule has 5 heteroatoms. The van der Waals surface area contributed by atoms with Crippen LogP contribution in [0.4, 0.5) is 0 Å². The van der Waals surface area contributed by atoms with Crippen molar-refractivity contribution in [2.24, 2.45) is 10.7 Å². The summed E-state index contributed by atoms with van der Waals surface area (Å²) < 4.78 is 0. The Morgan fingerprint density at radius 3 is 2.88 bits per heavy atom. The maximum Gasteiger partial charge on any atom is 0.192 e. The van der Waals surface area contributed by atoms with Crippen LogP contribution in [0.2, 0.25) is 0 Å². The minimum atomic E-state index is -0.323. The number of nitrogens with zero attached hydrogens (tertiary/aromatic N) is 4. The van der Waals surface area contributed by atoms with E-state index in [0.717, 1.165) is 11.4 Å². The van der Waals surface area contributed by atoms with Crippen molar-refractivity contribution in [1.82, 2.24) is 14.9 Å². The first-order valence-electron chi connectivity index (χ1n) is 5.56. The normalized spacial score (nSPS) is 23.6. The van der Waals surface area contributed by atoms with Crippen LogP contribution in [-0.4, -0.2) is 33.9 Å². The van der Waals surface area contributed by atoms with E-state index in [4.69, 9.17) is 5.73 Å². The summed E-state index contributed by atoms with van der Waals surface area (Å²) in [5.74, 6) is 0.539. The quantitative estimate of drug-likeness (QED) is 0.782. The second-order valence-corrected chi connectivity index (χ2v) is 4.34. The van der Waals surface area contributed by atoms with Crippen molar-refractivity contribution in [3.8, 4) is 0 Å². The molecule has 2 N–H and O–H groups in total. The maximum absolute atomic E-state index is 5.91. The number of aliphatic imine (C=N–C) groups is 1. The van der Waals surface area contributed by atoms with E-state index < -0.39 is 0 Å². The Morgan fingerprint density at radius 1 is 1.53 bits per heavy atom. The molecule has 1 atom stereocenters. The van der Waals surface area contributed by atoms with E-state index in [1.807, 2.05) is 17.9 Å². The number of hydrogen-bond acceptors (Lipinski definition) is 5. The van der Waals surface area contributed by atoms with Gasteiger partial charge in [-0.2, -0.15) is 0 Å². The second-order valence-electron chi connectivity index (χ2n) is 4.34. The van der Waals surface area contributed by atoms with Crippen LogP contribution in [0, 0.1) is 6.92 Å². The highest BCUT2D eigenvalue weighted by Gasteiger charge is 2.41. The van der Waals surface area contributed by atoms with Gasteiger partial charge in [-0.15, -0.1) is 6.58 Å². The molecule has 17 heavy (non-hydrogen) atoms.